The maximum absolute atomic E-state index is 11.8. The fourth-order valence-corrected chi connectivity index (χ4v) is 3.84. The van der Waals surface area contributed by atoms with E-state index in [9.17, 15) is 8.42 Å². The smallest absolute Gasteiger partial charge is 0.233 e. The van der Waals surface area contributed by atoms with E-state index in [1.165, 1.54) is 5.56 Å². The van der Waals surface area contributed by atoms with Gasteiger partial charge in [0.25, 0.3) is 0 Å². The van der Waals surface area contributed by atoms with Gasteiger partial charge < -0.3 is 4.90 Å². The van der Waals surface area contributed by atoms with Crippen molar-refractivity contribution in [1.29, 1.82) is 0 Å². The molecule has 1 aliphatic heterocycles. The number of nitrogens with zero attached hydrogens (tertiary/aromatic N) is 3. The van der Waals surface area contributed by atoms with Crippen LogP contribution < -0.4 is 9.62 Å². The Morgan fingerprint density at radius 1 is 1.17 bits per heavy atom. The van der Waals surface area contributed by atoms with Crippen molar-refractivity contribution in [2.45, 2.75) is 26.2 Å². The topological polar surface area (TPSA) is 75.2 Å². The lowest BCUT2D eigenvalue weighted by atomic mass is 10.0. The molecule has 3 rings (SSSR count). The number of aryl methyl sites for hydroxylation is 1. The van der Waals surface area contributed by atoms with Crippen LogP contribution in [0.1, 0.15) is 25.3 Å². The average molecular weight is 332 g/mol. The number of hydrogen-bond acceptors (Lipinski definition) is 5. The Hall–Kier alpha value is -2.15. The van der Waals surface area contributed by atoms with Gasteiger partial charge in [-0.1, -0.05) is 25.1 Å². The predicted molar refractivity (Wildman–Crippen MR) is 91.5 cm³/mol. The number of aromatic nitrogens is 2. The van der Waals surface area contributed by atoms with Crippen molar-refractivity contribution in [1.82, 2.24) is 10.2 Å². The lowest BCUT2D eigenvalue weighted by Crippen LogP contribution is -2.25. The zero-order chi connectivity index (χ0) is 16.3. The molecule has 0 amide bonds. The molecule has 0 aliphatic carbocycles. The zero-order valence-electron chi connectivity index (χ0n) is 13.1. The minimum atomic E-state index is -3.34. The minimum absolute atomic E-state index is 0.0793. The van der Waals surface area contributed by atoms with Gasteiger partial charge >= 0.3 is 0 Å². The largest absolute Gasteiger partial charge is 0.325 e. The summed E-state index contributed by atoms with van der Waals surface area (Å²) in [7, 11) is -3.34. The van der Waals surface area contributed by atoms with E-state index >= 15 is 0 Å². The summed E-state index contributed by atoms with van der Waals surface area (Å²) in [4.78, 5) is 2.12. The van der Waals surface area contributed by atoms with E-state index in [1.54, 1.807) is 12.1 Å². The maximum atomic E-state index is 11.8. The predicted octanol–water partition coefficient (Wildman–Crippen LogP) is 2.71. The van der Waals surface area contributed by atoms with E-state index in [0.717, 1.165) is 30.9 Å². The molecule has 0 spiro atoms. The van der Waals surface area contributed by atoms with E-state index in [0.29, 0.717) is 6.42 Å². The molecule has 7 heteroatoms. The molecule has 122 valence electrons. The van der Waals surface area contributed by atoms with Crippen molar-refractivity contribution in [2.75, 3.05) is 21.9 Å². The van der Waals surface area contributed by atoms with Crippen LogP contribution in [0.2, 0.25) is 0 Å². The Labute approximate surface area is 136 Å². The molecule has 1 aliphatic rings. The van der Waals surface area contributed by atoms with Gasteiger partial charge in [-0.15, -0.1) is 10.2 Å². The highest BCUT2D eigenvalue weighted by molar-refractivity contribution is 7.92. The van der Waals surface area contributed by atoms with Gasteiger partial charge in [-0.25, -0.2) is 8.42 Å². The number of anilines is 3. The Morgan fingerprint density at radius 2 is 2.00 bits per heavy atom. The Kier molecular flexibility index (Phi) is 4.47. The molecule has 0 fully saturated rings. The third-order valence-electron chi connectivity index (χ3n) is 3.77. The molecule has 1 aromatic carbocycles. The van der Waals surface area contributed by atoms with E-state index in [2.05, 4.69) is 32.0 Å². The van der Waals surface area contributed by atoms with Crippen LogP contribution in [0.3, 0.4) is 0 Å². The first-order valence-electron chi connectivity index (χ1n) is 7.79. The zero-order valence-corrected chi connectivity index (χ0v) is 13.9. The second-order valence-corrected chi connectivity index (χ2v) is 7.42. The number of nitrogens with one attached hydrogen (secondary N) is 1. The van der Waals surface area contributed by atoms with Gasteiger partial charge in [0, 0.05) is 12.2 Å². The second-order valence-electron chi connectivity index (χ2n) is 5.58. The molecule has 0 saturated heterocycles. The lowest BCUT2D eigenvalue weighted by Gasteiger charge is -2.29. The summed E-state index contributed by atoms with van der Waals surface area (Å²) in [5.74, 6) is 1.07. The molecular formula is C16H20N4O2S. The van der Waals surface area contributed by atoms with Crippen molar-refractivity contribution in [2.24, 2.45) is 0 Å². The summed E-state index contributed by atoms with van der Waals surface area (Å²) in [5, 5.41) is 8.21. The molecular weight excluding hydrogens is 312 g/mol. The first kappa shape index (κ1) is 15.7. The molecule has 0 atom stereocenters. The monoisotopic (exact) mass is 332 g/mol. The summed E-state index contributed by atoms with van der Waals surface area (Å²) in [5.41, 5.74) is 2.45. The van der Waals surface area contributed by atoms with Gasteiger partial charge in [0.05, 0.1) is 5.75 Å². The number of fused-ring (bicyclic) bond motifs is 1. The number of hydrogen-bond donors (Lipinski definition) is 1. The summed E-state index contributed by atoms with van der Waals surface area (Å²) in [6.45, 7) is 2.70. The number of para-hydroxylation sites is 1. The van der Waals surface area contributed by atoms with Gasteiger partial charge in [-0.3, -0.25) is 4.72 Å². The standard InChI is InChI=1S/C16H20N4O2S/c1-2-12-23(21,22)19-15-9-10-16(18-17-15)20-11-5-7-13-6-3-4-8-14(13)20/h3-4,6,8-10H,2,5,7,11-12H2,1H3,(H,17,19). The first-order chi connectivity index (χ1) is 11.1. The quantitative estimate of drug-likeness (QED) is 0.911. The molecule has 0 saturated carbocycles. The number of sulfonamides is 1. The molecule has 2 heterocycles. The van der Waals surface area contributed by atoms with Gasteiger partial charge in [0.2, 0.25) is 10.0 Å². The van der Waals surface area contributed by atoms with Crippen molar-refractivity contribution < 1.29 is 8.42 Å². The van der Waals surface area contributed by atoms with E-state index < -0.39 is 10.0 Å². The van der Waals surface area contributed by atoms with E-state index in [-0.39, 0.29) is 11.6 Å². The maximum Gasteiger partial charge on any atom is 0.233 e. The van der Waals surface area contributed by atoms with Gasteiger partial charge in [-0.2, -0.15) is 0 Å². The summed E-state index contributed by atoms with van der Waals surface area (Å²) in [6, 6.07) is 11.7. The highest BCUT2D eigenvalue weighted by Gasteiger charge is 2.19. The van der Waals surface area contributed by atoms with Crippen LogP contribution in [0, 0.1) is 0 Å². The second kappa shape index (κ2) is 6.54. The Balaban J connectivity index is 1.81. The third-order valence-corrected chi connectivity index (χ3v) is 5.24. The average Bonchev–Trinajstić information content (AvgIpc) is 2.55. The fourth-order valence-electron chi connectivity index (χ4n) is 2.77. The summed E-state index contributed by atoms with van der Waals surface area (Å²) < 4.78 is 26.0. The van der Waals surface area contributed by atoms with Crippen molar-refractivity contribution in [3.63, 3.8) is 0 Å². The summed E-state index contributed by atoms with van der Waals surface area (Å²) >= 11 is 0. The Morgan fingerprint density at radius 3 is 2.74 bits per heavy atom. The fraction of sp³-hybridized carbons (Fsp3) is 0.375. The van der Waals surface area contributed by atoms with Crippen LogP contribution in [0.15, 0.2) is 36.4 Å². The molecule has 23 heavy (non-hydrogen) atoms. The molecule has 0 unspecified atom stereocenters. The lowest BCUT2D eigenvalue weighted by molar-refractivity contribution is 0.599. The van der Waals surface area contributed by atoms with Gasteiger partial charge in [0.1, 0.15) is 0 Å². The summed E-state index contributed by atoms with van der Waals surface area (Å²) in [6.07, 6.45) is 2.68. The van der Waals surface area contributed by atoms with E-state index in [1.807, 2.05) is 19.1 Å². The van der Waals surface area contributed by atoms with Crippen molar-refractivity contribution in [3.05, 3.63) is 42.0 Å². The third kappa shape index (κ3) is 3.61. The molecule has 0 radical (unpaired) electrons. The van der Waals surface area contributed by atoms with Gasteiger partial charge in [0.15, 0.2) is 11.6 Å². The highest BCUT2D eigenvalue weighted by atomic mass is 32.2. The van der Waals surface area contributed by atoms with Crippen LogP contribution in [-0.4, -0.2) is 30.9 Å². The van der Waals surface area contributed by atoms with Crippen LogP contribution in [-0.2, 0) is 16.4 Å². The normalized spacial score (nSPS) is 14.4. The Bertz CT molecular complexity index is 775. The van der Waals surface area contributed by atoms with Crippen LogP contribution in [0.4, 0.5) is 17.3 Å². The van der Waals surface area contributed by atoms with E-state index in [4.69, 9.17) is 0 Å². The van der Waals surface area contributed by atoms with Crippen molar-refractivity contribution in [3.8, 4) is 0 Å². The number of rotatable bonds is 5. The van der Waals surface area contributed by atoms with Crippen LogP contribution in [0.5, 0.6) is 0 Å². The number of benzene rings is 1. The molecule has 0 bridgehead atoms. The molecule has 1 N–H and O–H groups in total. The SMILES string of the molecule is CCCS(=O)(=O)Nc1ccc(N2CCCc3ccccc32)nn1. The van der Waals surface area contributed by atoms with Crippen LogP contribution in [0.25, 0.3) is 0 Å². The van der Waals surface area contributed by atoms with Gasteiger partial charge in [-0.05, 0) is 43.0 Å². The molecule has 1 aromatic heterocycles. The molecule has 6 nitrogen and oxygen atoms in total. The highest BCUT2D eigenvalue weighted by Crippen LogP contribution is 2.31. The van der Waals surface area contributed by atoms with Crippen molar-refractivity contribution >= 4 is 27.3 Å². The first-order valence-corrected chi connectivity index (χ1v) is 9.44. The molecule has 2 aromatic rings. The van der Waals surface area contributed by atoms with Crippen LogP contribution >= 0.6 is 0 Å². The minimum Gasteiger partial charge on any atom is -0.325 e.